The van der Waals surface area contributed by atoms with E-state index in [1.54, 1.807) is 0 Å². The predicted octanol–water partition coefficient (Wildman–Crippen LogP) is 7.42. The Morgan fingerprint density at radius 1 is 0.667 bits per heavy atom. The van der Waals surface area contributed by atoms with E-state index in [2.05, 4.69) is 13.8 Å². The summed E-state index contributed by atoms with van der Waals surface area (Å²) in [5.41, 5.74) is 0. The molecule has 0 saturated carbocycles. The van der Waals surface area contributed by atoms with Crippen molar-refractivity contribution in [1.82, 2.24) is 0 Å². The first kappa shape index (κ1) is 24.9. The van der Waals surface area contributed by atoms with Crippen molar-refractivity contribution in [1.29, 1.82) is 0 Å². The second-order valence-electron chi connectivity index (χ2n) is 8.31. The van der Waals surface area contributed by atoms with Crippen molar-refractivity contribution in [3.05, 3.63) is 0 Å². The van der Waals surface area contributed by atoms with Gasteiger partial charge in [-0.1, -0.05) is 110 Å². The van der Waals surface area contributed by atoms with Crippen LogP contribution in [0.5, 0.6) is 0 Å². The molecule has 0 aromatic heterocycles. The van der Waals surface area contributed by atoms with Crippen LogP contribution < -0.4 is 0 Å². The van der Waals surface area contributed by atoms with Gasteiger partial charge in [0.2, 0.25) is 0 Å². The minimum absolute atomic E-state index is 0.137. The van der Waals surface area contributed by atoms with Gasteiger partial charge in [0.1, 0.15) is 0 Å². The van der Waals surface area contributed by atoms with Crippen molar-refractivity contribution in [3.63, 3.8) is 0 Å². The van der Waals surface area contributed by atoms with E-state index in [1.807, 2.05) is 0 Å². The molecule has 3 nitrogen and oxygen atoms in total. The first-order chi connectivity index (χ1) is 13.4. The van der Waals surface area contributed by atoms with Gasteiger partial charge in [-0.25, -0.2) is 0 Å². The Balaban J connectivity index is 2.08. The van der Waals surface area contributed by atoms with E-state index < -0.39 is 0 Å². The fraction of sp³-hybridized carbons (Fsp3) is 1.00. The van der Waals surface area contributed by atoms with Crippen molar-refractivity contribution in [2.75, 3.05) is 19.8 Å². The molecule has 0 bridgehead atoms. The van der Waals surface area contributed by atoms with Crippen molar-refractivity contribution in [2.24, 2.45) is 0 Å². The zero-order valence-electron chi connectivity index (χ0n) is 18.5. The Kier molecular flexibility index (Phi) is 17.7. The standard InChI is InChI=1S/C24H48O3/c1-3-5-7-9-10-11-12-13-15-17-19-23(18-16-14-8-6-4-2)27-24-22-25-20-21-26-24/h23-24H,3-22H2,1-2H3. The van der Waals surface area contributed by atoms with Gasteiger partial charge in [0.05, 0.1) is 25.9 Å². The lowest BCUT2D eigenvalue weighted by atomic mass is 10.0. The number of hydrogen-bond acceptors (Lipinski definition) is 3. The molecule has 3 heteroatoms. The Morgan fingerprint density at radius 2 is 1.15 bits per heavy atom. The highest BCUT2D eigenvalue weighted by Crippen LogP contribution is 2.19. The third-order valence-electron chi connectivity index (χ3n) is 5.64. The average molecular weight is 385 g/mol. The molecule has 27 heavy (non-hydrogen) atoms. The van der Waals surface area contributed by atoms with Gasteiger partial charge in [0, 0.05) is 0 Å². The van der Waals surface area contributed by atoms with Crippen LogP contribution in [0.15, 0.2) is 0 Å². The summed E-state index contributed by atoms with van der Waals surface area (Å²) in [6.45, 7) is 6.55. The van der Waals surface area contributed by atoms with Crippen LogP contribution in [-0.4, -0.2) is 32.2 Å². The summed E-state index contributed by atoms with van der Waals surface area (Å²) in [6, 6.07) is 0. The van der Waals surface area contributed by atoms with Crippen LogP contribution in [0.4, 0.5) is 0 Å². The van der Waals surface area contributed by atoms with Gasteiger partial charge < -0.3 is 14.2 Å². The summed E-state index contributed by atoms with van der Waals surface area (Å²) in [5, 5.41) is 0. The van der Waals surface area contributed by atoms with Gasteiger partial charge in [-0.3, -0.25) is 0 Å². The van der Waals surface area contributed by atoms with Gasteiger partial charge in [-0.15, -0.1) is 0 Å². The fourth-order valence-electron chi connectivity index (χ4n) is 3.87. The van der Waals surface area contributed by atoms with Gasteiger partial charge in [-0.05, 0) is 12.8 Å². The summed E-state index contributed by atoms with van der Waals surface area (Å²) in [7, 11) is 0. The van der Waals surface area contributed by atoms with Crippen LogP contribution in [0.3, 0.4) is 0 Å². The second-order valence-corrected chi connectivity index (χ2v) is 8.31. The van der Waals surface area contributed by atoms with Gasteiger partial charge in [-0.2, -0.15) is 0 Å². The Labute approximate surface area is 169 Å². The zero-order chi connectivity index (χ0) is 19.4. The van der Waals surface area contributed by atoms with Crippen LogP contribution >= 0.6 is 0 Å². The van der Waals surface area contributed by atoms with Gasteiger partial charge in [0.15, 0.2) is 6.29 Å². The van der Waals surface area contributed by atoms with E-state index in [1.165, 1.54) is 109 Å². The number of unbranched alkanes of at least 4 members (excludes halogenated alkanes) is 13. The maximum Gasteiger partial charge on any atom is 0.181 e. The van der Waals surface area contributed by atoms with E-state index in [9.17, 15) is 0 Å². The lowest BCUT2D eigenvalue weighted by Crippen LogP contribution is -2.34. The van der Waals surface area contributed by atoms with E-state index in [0.717, 1.165) is 0 Å². The molecule has 0 radical (unpaired) electrons. The summed E-state index contributed by atoms with van der Waals surface area (Å²) in [4.78, 5) is 0. The van der Waals surface area contributed by atoms with Crippen molar-refractivity contribution in [3.8, 4) is 0 Å². The molecule has 1 aliphatic heterocycles. The maximum absolute atomic E-state index is 6.23. The minimum Gasteiger partial charge on any atom is -0.374 e. The van der Waals surface area contributed by atoms with E-state index in [4.69, 9.17) is 14.2 Å². The fourth-order valence-corrected chi connectivity index (χ4v) is 3.87. The molecule has 2 atom stereocenters. The largest absolute Gasteiger partial charge is 0.374 e. The molecule has 0 aromatic rings. The zero-order valence-corrected chi connectivity index (χ0v) is 18.5. The molecule has 1 heterocycles. The first-order valence-electron chi connectivity index (χ1n) is 12.2. The maximum atomic E-state index is 6.23. The molecule has 162 valence electrons. The molecule has 1 aliphatic rings. The average Bonchev–Trinajstić information content (AvgIpc) is 2.69. The van der Waals surface area contributed by atoms with E-state index >= 15 is 0 Å². The van der Waals surface area contributed by atoms with Gasteiger partial charge >= 0.3 is 0 Å². The summed E-state index contributed by atoms with van der Waals surface area (Å²) < 4.78 is 17.4. The summed E-state index contributed by atoms with van der Waals surface area (Å²) >= 11 is 0. The third-order valence-corrected chi connectivity index (χ3v) is 5.64. The molecule has 1 saturated heterocycles. The first-order valence-corrected chi connectivity index (χ1v) is 12.2. The number of hydrogen-bond donors (Lipinski definition) is 0. The number of rotatable bonds is 19. The molecule has 0 aliphatic carbocycles. The Bertz CT molecular complexity index is 289. The molecule has 0 amide bonds. The van der Waals surface area contributed by atoms with Crippen LogP contribution in [-0.2, 0) is 14.2 Å². The lowest BCUT2D eigenvalue weighted by Gasteiger charge is -2.28. The summed E-state index contributed by atoms with van der Waals surface area (Å²) in [6.07, 6.45) is 23.2. The number of ether oxygens (including phenoxy) is 3. The predicted molar refractivity (Wildman–Crippen MR) is 115 cm³/mol. The molecule has 1 rings (SSSR count). The molecule has 1 fully saturated rings. The topological polar surface area (TPSA) is 27.7 Å². The van der Waals surface area contributed by atoms with E-state index in [0.29, 0.717) is 25.9 Å². The summed E-state index contributed by atoms with van der Waals surface area (Å²) in [5.74, 6) is 0. The molecule has 0 spiro atoms. The quantitative estimate of drug-likeness (QED) is 0.217. The minimum atomic E-state index is -0.137. The molecule has 0 N–H and O–H groups in total. The van der Waals surface area contributed by atoms with Gasteiger partial charge in [0.25, 0.3) is 0 Å². The normalized spacial score (nSPS) is 18.7. The van der Waals surface area contributed by atoms with Crippen LogP contribution in [0.2, 0.25) is 0 Å². The smallest absolute Gasteiger partial charge is 0.181 e. The highest BCUT2D eigenvalue weighted by molar-refractivity contribution is 4.63. The van der Waals surface area contributed by atoms with Crippen LogP contribution in [0.1, 0.15) is 123 Å². The van der Waals surface area contributed by atoms with E-state index in [-0.39, 0.29) is 6.29 Å². The van der Waals surface area contributed by atoms with Crippen LogP contribution in [0.25, 0.3) is 0 Å². The Morgan fingerprint density at radius 3 is 1.59 bits per heavy atom. The molecule has 0 aromatic carbocycles. The molecule has 2 unspecified atom stereocenters. The highest BCUT2D eigenvalue weighted by Gasteiger charge is 2.19. The van der Waals surface area contributed by atoms with Crippen molar-refractivity contribution in [2.45, 2.75) is 135 Å². The van der Waals surface area contributed by atoms with Crippen molar-refractivity contribution < 1.29 is 14.2 Å². The highest BCUT2D eigenvalue weighted by atomic mass is 16.7. The SMILES string of the molecule is CCCCCCCCCCCCC(CCCCCCC)OC1COCCO1. The van der Waals surface area contributed by atoms with Crippen LogP contribution in [0, 0.1) is 0 Å². The lowest BCUT2D eigenvalue weighted by molar-refractivity contribution is -0.231. The molecular formula is C24H48O3. The molecular weight excluding hydrogens is 336 g/mol. The monoisotopic (exact) mass is 384 g/mol. The second kappa shape index (κ2) is 19.2. The third kappa shape index (κ3) is 15.5. The Hall–Kier alpha value is -0.120. The van der Waals surface area contributed by atoms with Crippen molar-refractivity contribution >= 4 is 0 Å².